The van der Waals surface area contributed by atoms with Crippen LogP contribution in [0.5, 0.6) is 11.5 Å². The average Bonchev–Trinajstić information content (AvgIpc) is 2.84. The Morgan fingerprint density at radius 3 is 2.41 bits per heavy atom. The molecule has 4 aromatic rings. The fourth-order valence-corrected chi connectivity index (χ4v) is 3.71. The third-order valence-corrected chi connectivity index (χ3v) is 5.40. The van der Waals surface area contributed by atoms with Crippen LogP contribution in [0.2, 0.25) is 0 Å². The van der Waals surface area contributed by atoms with Crippen LogP contribution in [0.15, 0.2) is 91.0 Å². The molecular formula is C28H27NO3. The molecule has 1 amide bonds. The Labute approximate surface area is 188 Å². The minimum Gasteiger partial charge on any atom is -0.493 e. The maximum Gasteiger partial charge on any atom is 0.251 e. The van der Waals surface area contributed by atoms with E-state index in [0.717, 1.165) is 33.4 Å². The monoisotopic (exact) mass is 425 g/mol. The summed E-state index contributed by atoms with van der Waals surface area (Å²) in [6.45, 7) is 4.76. The maximum absolute atomic E-state index is 12.9. The van der Waals surface area contributed by atoms with Gasteiger partial charge in [-0.1, -0.05) is 66.7 Å². The molecule has 0 aliphatic rings. The van der Waals surface area contributed by atoms with Crippen LogP contribution in [0.1, 0.15) is 41.4 Å². The van der Waals surface area contributed by atoms with E-state index in [1.165, 1.54) is 0 Å². The van der Waals surface area contributed by atoms with Gasteiger partial charge in [0.05, 0.1) is 12.6 Å². The Morgan fingerprint density at radius 2 is 1.59 bits per heavy atom. The first-order chi connectivity index (χ1) is 15.7. The van der Waals surface area contributed by atoms with Crippen LogP contribution < -0.4 is 14.8 Å². The van der Waals surface area contributed by atoms with Crippen molar-refractivity contribution in [3.05, 3.63) is 108 Å². The van der Waals surface area contributed by atoms with Gasteiger partial charge in [-0.25, -0.2) is 0 Å². The largest absolute Gasteiger partial charge is 0.493 e. The lowest BCUT2D eigenvalue weighted by atomic mass is 10.1. The number of amides is 1. The highest BCUT2D eigenvalue weighted by Crippen LogP contribution is 2.28. The lowest BCUT2D eigenvalue weighted by Gasteiger charge is -2.17. The highest BCUT2D eigenvalue weighted by molar-refractivity contribution is 5.95. The van der Waals surface area contributed by atoms with Crippen molar-refractivity contribution in [3.63, 3.8) is 0 Å². The number of benzene rings is 4. The summed E-state index contributed by atoms with van der Waals surface area (Å²) in [5, 5.41) is 5.25. The summed E-state index contributed by atoms with van der Waals surface area (Å²) in [4.78, 5) is 12.9. The predicted octanol–water partition coefficient (Wildman–Crippen LogP) is 6.31. The molecule has 0 fully saturated rings. The van der Waals surface area contributed by atoms with E-state index >= 15 is 0 Å². The van der Waals surface area contributed by atoms with Gasteiger partial charge in [0.15, 0.2) is 0 Å². The summed E-state index contributed by atoms with van der Waals surface area (Å²) in [6.07, 6.45) is 0. The zero-order valence-electron chi connectivity index (χ0n) is 18.4. The SMILES string of the molecule is CCOc1ccc(C(=O)N[C@H](C)c2ccccc2)cc1COc1cccc2ccccc12. The lowest BCUT2D eigenvalue weighted by molar-refractivity contribution is 0.0939. The second-order valence-electron chi connectivity index (χ2n) is 7.63. The molecule has 1 N–H and O–H groups in total. The second kappa shape index (κ2) is 10.0. The summed E-state index contributed by atoms with van der Waals surface area (Å²) in [7, 11) is 0. The van der Waals surface area contributed by atoms with Gasteiger partial charge in [-0.2, -0.15) is 0 Å². The molecule has 0 aliphatic carbocycles. The van der Waals surface area contributed by atoms with Gasteiger partial charge in [0.2, 0.25) is 0 Å². The first kappa shape index (κ1) is 21.4. The number of hydrogen-bond donors (Lipinski definition) is 1. The first-order valence-electron chi connectivity index (χ1n) is 10.9. The standard InChI is InChI=1S/C28H27NO3/c1-3-31-26-17-16-23(28(30)29-20(2)21-10-5-4-6-11-21)18-24(26)19-32-27-15-9-13-22-12-7-8-14-25(22)27/h4-18,20H,3,19H2,1-2H3,(H,29,30)/t20-/m1/s1. The summed E-state index contributed by atoms with van der Waals surface area (Å²) in [5.74, 6) is 1.40. The smallest absolute Gasteiger partial charge is 0.251 e. The summed E-state index contributed by atoms with van der Waals surface area (Å²) in [5.41, 5.74) is 2.47. The lowest BCUT2D eigenvalue weighted by Crippen LogP contribution is -2.26. The number of carbonyl (C=O) groups is 1. The fraction of sp³-hybridized carbons (Fsp3) is 0.179. The molecule has 4 heteroatoms. The van der Waals surface area contributed by atoms with Crippen LogP contribution in [-0.2, 0) is 6.61 Å². The molecule has 4 rings (SSSR count). The number of carbonyl (C=O) groups excluding carboxylic acids is 1. The molecule has 0 saturated carbocycles. The predicted molar refractivity (Wildman–Crippen MR) is 128 cm³/mol. The van der Waals surface area contributed by atoms with Crippen molar-refractivity contribution in [1.29, 1.82) is 0 Å². The van der Waals surface area contributed by atoms with Crippen LogP contribution in [-0.4, -0.2) is 12.5 Å². The van der Waals surface area contributed by atoms with Crippen molar-refractivity contribution in [1.82, 2.24) is 5.32 Å². The minimum absolute atomic E-state index is 0.0920. The summed E-state index contributed by atoms with van der Waals surface area (Å²) < 4.78 is 12.0. The van der Waals surface area contributed by atoms with Gasteiger partial charge >= 0.3 is 0 Å². The van der Waals surface area contributed by atoms with E-state index in [2.05, 4.69) is 17.4 Å². The number of ether oxygens (including phenoxy) is 2. The molecule has 0 bridgehead atoms. The first-order valence-corrected chi connectivity index (χ1v) is 10.9. The van der Waals surface area contributed by atoms with Crippen LogP contribution in [0, 0.1) is 0 Å². The highest BCUT2D eigenvalue weighted by atomic mass is 16.5. The van der Waals surface area contributed by atoms with Crippen LogP contribution in [0.4, 0.5) is 0 Å². The van der Waals surface area contributed by atoms with E-state index in [1.54, 1.807) is 6.07 Å². The second-order valence-corrected chi connectivity index (χ2v) is 7.63. The van der Waals surface area contributed by atoms with Gasteiger partial charge in [-0.15, -0.1) is 0 Å². The zero-order valence-corrected chi connectivity index (χ0v) is 18.4. The van der Waals surface area contributed by atoms with Crippen LogP contribution >= 0.6 is 0 Å². The van der Waals surface area contributed by atoms with E-state index in [1.807, 2.05) is 86.6 Å². The third kappa shape index (κ3) is 4.92. The summed E-state index contributed by atoms with van der Waals surface area (Å²) >= 11 is 0. The number of nitrogens with one attached hydrogen (secondary N) is 1. The average molecular weight is 426 g/mol. The maximum atomic E-state index is 12.9. The van der Waals surface area contributed by atoms with E-state index in [0.29, 0.717) is 18.8 Å². The number of hydrogen-bond acceptors (Lipinski definition) is 3. The highest BCUT2D eigenvalue weighted by Gasteiger charge is 2.15. The van der Waals surface area contributed by atoms with Crippen molar-refractivity contribution in [2.24, 2.45) is 0 Å². The Morgan fingerprint density at radius 1 is 0.844 bits per heavy atom. The molecule has 162 valence electrons. The van der Waals surface area contributed by atoms with Gasteiger partial charge in [-0.05, 0) is 49.1 Å². The number of fused-ring (bicyclic) bond motifs is 1. The molecule has 4 aromatic carbocycles. The third-order valence-electron chi connectivity index (χ3n) is 5.40. The molecule has 0 saturated heterocycles. The van der Waals surface area contributed by atoms with E-state index in [-0.39, 0.29) is 11.9 Å². The van der Waals surface area contributed by atoms with Crippen molar-refractivity contribution < 1.29 is 14.3 Å². The molecule has 0 unspecified atom stereocenters. The molecule has 0 spiro atoms. The molecule has 4 nitrogen and oxygen atoms in total. The minimum atomic E-state index is -0.129. The topological polar surface area (TPSA) is 47.6 Å². The van der Waals surface area contributed by atoms with Crippen molar-refractivity contribution in [2.75, 3.05) is 6.61 Å². The van der Waals surface area contributed by atoms with Crippen LogP contribution in [0.25, 0.3) is 10.8 Å². The van der Waals surface area contributed by atoms with E-state index < -0.39 is 0 Å². The molecule has 0 radical (unpaired) electrons. The Kier molecular flexibility index (Phi) is 6.71. The van der Waals surface area contributed by atoms with Gasteiger partial charge in [0, 0.05) is 16.5 Å². The van der Waals surface area contributed by atoms with Crippen molar-refractivity contribution in [3.8, 4) is 11.5 Å². The van der Waals surface area contributed by atoms with E-state index in [9.17, 15) is 4.79 Å². The number of rotatable bonds is 8. The Balaban J connectivity index is 1.54. The molecule has 32 heavy (non-hydrogen) atoms. The molecule has 1 atom stereocenters. The van der Waals surface area contributed by atoms with Gasteiger partial charge in [-0.3, -0.25) is 4.79 Å². The quantitative estimate of drug-likeness (QED) is 0.360. The van der Waals surface area contributed by atoms with Gasteiger partial charge in [0.25, 0.3) is 5.91 Å². The Bertz CT molecular complexity index is 1200. The normalized spacial score (nSPS) is 11.7. The fourth-order valence-electron chi connectivity index (χ4n) is 3.71. The summed E-state index contributed by atoms with van der Waals surface area (Å²) in [6, 6.07) is 29.4. The molecule has 0 heterocycles. The van der Waals surface area contributed by atoms with Crippen LogP contribution in [0.3, 0.4) is 0 Å². The molecule has 0 aromatic heterocycles. The molecular weight excluding hydrogens is 398 g/mol. The van der Waals surface area contributed by atoms with Gasteiger partial charge in [0.1, 0.15) is 18.1 Å². The molecule has 0 aliphatic heterocycles. The van der Waals surface area contributed by atoms with Crippen molar-refractivity contribution in [2.45, 2.75) is 26.5 Å². The van der Waals surface area contributed by atoms with E-state index in [4.69, 9.17) is 9.47 Å². The Hall–Kier alpha value is -3.79. The zero-order chi connectivity index (χ0) is 22.3. The van der Waals surface area contributed by atoms with Gasteiger partial charge < -0.3 is 14.8 Å². The van der Waals surface area contributed by atoms with Crippen molar-refractivity contribution >= 4 is 16.7 Å².